The van der Waals surface area contributed by atoms with Gasteiger partial charge in [0.25, 0.3) is 0 Å². The van der Waals surface area contributed by atoms with Gasteiger partial charge < -0.3 is 19.6 Å². The molecule has 5 nitrogen and oxygen atoms in total. The van der Waals surface area contributed by atoms with E-state index in [-0.39, 0.29) is 24.0 Å². The molecule has 0 aliphatic rings. The molecule has 0 aromatic carbocycles. The minimum Gasteiger partial charge on any atom is -0.454 e. The first-order valence-electron chi connectivity index (χ1n) is 6.69. The second kappa shape index (κ2) is 9.80. The molecule has 0 radical (unpaired) electrons. The molecular weight excluding hydrogens is 518 g/mol. The Kier molecular flexibility index (Phi) is 8.81. The van der Waals surface area contributed by atoms with E-state index in [1.54, 1.807) is 7.05 Å². The summed E-state index contributed by atoms with van der Waals surface area (Å²) in [5.41, 5.74) is 0.980. The Hall–Kier alpha value is -0.380. The number of hydrogen-bond acceptors (Lipinski definition) is 2. The van der Waals surface area contributed by atoms with Gasteiger partial charge in [-0.1, -0.05) is 23.2 Å². The fraction of sp³-hybridized carbons (Fsp3) is 0.357. The molecule has 0 spiro atoms. The summed E-state index contributed by atoms with van der Waals surface area (Å²) in [5, 5.41) is 7.53. The van der Waals surface area contributed by atoms with E-state index < -0.39 is 0 Å². The average molecular weight is 536 g/mol. The summed E-state index contributed by atoms with van der Waals surface area (Å²) in [7, 11) is 3.60. The van der Waals surface area contributed by atoms with Crippen LogP contribution in [0, 0.1) is 0 Å². The van der Waals surface area contributed by atoms with Crippen molar-refractivity contribution < 1.29 is 4.42 Å². The highest BCUT2D eigenvalue weighted by molar-refractivity contribution is 14.0. The first-order valence-corrected chi connectivity index (χ1v) is 8.24. The molecule has 9 heteroatoms. The molecule has 2 N–H and O–H groups in total. The third kappa shape index (κ3) is 5.88. The predicted molar refractivity (Wildman–Crippen MR) is 109 cm³/mol. The van der Waals surface area contributed by atoms with E-state index in [1.807, 2.05) is 29.8 Å². The van der Waals surface area contributed by atoms with Gasteiger partial charge in [0, 0.05) is 32.8 Å². The molecule has 2 aromatic heterocycles. The van der Waals surface area contributed by atoms with E-state index in [9.17, 15) is 0 Å². The second-order valence-corrected chi connectivity index (χ2v) is 6.19. The Morgan fingerprint density at radius 1 is 1.35 bits per heavy atom. The van der Waals surface area contributed by atoms with Crippen molar-refractivity contribution in [1.82, 2.24) is 15.2 Å². The Morgan fingerprint density at radius 3 is 2.61 bits per heavy atom. The molecule has 0 saturated heterocycles. The van der Waals surface area contributed by atoms with Crippen LogP contribution in [0.4, 0.5) is 0 Å². The van der Waals surface area contributed by atoms with Crippen LogP contribution in [0.2, 0.25) is 10.2 Å². The fourth-order valence-corrected chi connectivity index (χ4v) is 2.70. The van der Waals surface area contributed by atoms with Gasteiger partial charge >= 0.3 is 0 Å². The van der Waals surface area contributed by atoms with Crippen molar-refractivity contribution in [2.75, 3.05) is 13.6 Å². The van der Waals surface area contributed by atoms with Gasteiger partial charge in [0.15, 0.2) is 10.6 Å². The first kappa shape index (κ1) is 20.7. The van der Waals surface area contributed by atoms with Crippen LogP contribution >= 0.6 is 63.1 Å². The molecule has 0 bridgehead atoms. The predicted octanol–water partition coefficient (Wildman–Crippen LogP) is 4.21. The summed E-state index contributed by atoms with van der Waals surface area (Å²) in [6.07, 6.45) is 0.772. The minimum atomic E-state index is 0. The van der Waals surface area contributed by atoms with Crippen molar-refractivity contribution in [2.24, 2.45) is 12.0 Å². The van der Waals surface area contributed by atoms with Crippen molar-refractivity contribution in [3.63, 3.8) is 0 Å². The lowest BCUT2D eigenvalue weighted by Gasteiger charge is -2.12. The smallest absolute Gasteiger partial charge is 0.191 e. The molecule has 0 atom stereocenters. The van der Waals surface area contributed by atoms with Gasteiger partial charge in [0.1, 0.15) is 10.9 Å². The molecule has 0 saturated carbocycles. The number of rotatable bonds is 5. The minimum absolute atomic E-state index is 0. The lowest BCUT2D eigenvalue weighted by atomic mass is 10.3. The third-order valence-corrected chi connectivity index (χ3v) is 4.44. The first-order chi connectivity index (χ1) is 10.5. The second-order valence-electron chi connectivity index (χ2n) is 4.64. The Balaban J connectivity index is 0.00000264. The Labute approximate surface area is 171 Å². The maximum atomic E-state index is 6.04. The van der Waals surface area contributed by atoms with Crippen molar-refractivity contribution in [2.45, 2.75) is 13.0 Å². The van der Waals surface area contributed by atoms with Gasteiger partial charge in [-0.25, -0.2) is 0 Å². The summed E-state index contributed by atoms with van der Waals surface area (Å²) in [6, 6.07) is 5.66. The van der Waals surface area contributed by atoms with Crippen LogP contribution in [0.5, 0.6) is 0 Å². The lowest BCUT2D eigenvalue weighted by Crippen LogP contribution is -2.38. The number of aromatic nitrogens is 1. The fourth-order valence-electron chi connectivity index (χ4n) is 1.94. The number of hydrogen-bond donors (Lipinski definition) is 2. The molecule has 128 valence electrons. The van der Waals surface area contributed by atoms with E-state index in [0.717, 1.165) is 22.5 Å². The van der Waals surface area contributed by atoms with Crippen molar-refractivity contribution >= 4 is 69.1 Å². The van der Waals surface area contributed by atoms with Gasteiger partial charge in [-0.2, -0.15) is 0 Å². The van der Waals surface area contributed by atoms with Crippen LogP contribution in [-0.2, 0) is 20.0 Å². The van der Waals surface area contributed by atoms with Gasteiger partial charge in [-0.05, 0) is 34.1 Å². The van der Waals surface area contributed by atoms with E-state index in [2.05, 4.69) is 31.6 Å². The Bertz CT molecular complexity index is 672. The van der Waals surface area contributed by atoms with Crippen molar-refractivity contribution in [3.05, 3.63) is 44.5 Å². The number of aliphatic imine (C=N–C) groups is 1. The number of furan rings is 1. The topological polar surface area (TPSA) is 54.5 Å². The molecule has 2 aromatic rings. The molecule has 0 amide bonds. The number of nitrogens with one attached hydrogen (secondary N) is 2. The van der Waals surface area contributed by atoms with Crippen LogP contribution in [0.1, 0.15) is 11.5 Å². The zero-order valence-corrected chi connectivity index (χ0v) is 18.1. The lowest BCUT2D eigenvalue weighted by molar-refractivity contribution is 0.486. The Morgan fingerprint density at radius 2 is 2.09 bits per heavy atom. The highest BCUT2D eigenvalue weighted by atomic mass is 127. The summed E-state index contributed by atoms with van der Waals surface area (Å²) in [4.78, 5) is 4.18. The molecule has 23 heavy (non-hydrogen) atoms. The normalized spacial score (nSPS) is 11.3. The molecular formula is C14H18BrCl2IN4O. The van der Waals surface area contributed by atoms with Gasteiger partial charge in [0.05, 0.1) is 11.6 Å². The highest BCUT2D eigenvalue weighted by Crippen LogP contribution is 2.24. The van der Waals surface area contributed by atoms with Crippen molar-refractivity contribution in [1.29, 1.82) is 0 Å². The molecule has 0 aliphatic carbocycles. The van der Waals surface area contributed by atoms with Gasteiger partial charge in [0.2, 0.25) is 0 Å². The van der Waals surface area contributed by atoms with E-state index in [1.165, 1.54) is 0 Å². The number of guanidine groups is 1. The van der Waals surface area contributed by atoms with E-state index >= 15 is 0 Å². The quantitative estimate of drug-likeness (QED) is 0.342. The molecule has 0 fully saturated rings. The summed E-state index contributed by atoms with van der Waals surface area (Å²) in [6.45, 7) is 1.29. The van der Waals surface area contributed by atoms with Crippen LogP contribution in [0.25, 0.3) is 0 Å². The SMILES string of the molecule is CN=C(NCCc1ccc(Br)o1)NCc1cc(Cl)c(Cl)n1C.I. The zero-order chi connectivity index (χ0) is 16.1. The number of halogens is 4. The van der Waals surface area contributed by atoms with Crippen LogP contribution < -0.4 is 10.6 Å². The summed E-state index contributed by atoms with van der Waals surface area (Å²) >= 11 is 15.3. The molecule has 2 heterocycles. The maximum Gasteiger partial charge on any atom is 0.191 e. The van der Waals surface area contributed by atoms with Crippen molar-refractivity contribution in [3.8, 4) is 0 Å². The van der Waals surface area contributed by atoms with Crippen LogP contribution in [-0.4, -0.2) is 24.1 Å². The van der Waals surface area contributed by atoms with E-state index in [4.69, 9.17) is 27.6 Å². The highest BCUT2D eigenvalue weighted by Gasteiger charge is 2.09. The van der Waals surface area contributed by atoms with Crippen LogP contribution in [0.15, 0.2) is 32.3 Å². The standard InChI is InChI=1S/C14H17BrCl2N4O.HI/c1-18-14(19-6-5-10-3-4-12(15)22-10)20-8-9-7-11(16)13(17)21(9)2;/h3-4,7H,5-6,8H2,1-2H3,(H2,18,19,20);1H. The molecule has 2 rings (SSSR count). The van der Waals surface area contributed by atoms with Crippen LogP contribution in [0.3, 0.4) is 0 Å². The third-order valence-electron chi connectivity index (χ3n) is 3.17. The average Bonchev–Trinajstić information content (AvgIpc) is 3.02. The maximum absolute atomic E-state index is 6.04. The number of nitrogens with zero attached hydrogens (tertiary/aromatic N) is 2. The van der Waals surface area contributed by atoms with Gasteiger partial charge in [-0.15, -0.1) is 24.0 Å². The molecule has 0 aliphatic heterocycles. The monoisotopic (exact) mass is 534 g/mol. The van der Waals surface area contributed by atoms with Gasteiger partial charge in [-0.3, -0.25) is 4.99 Å². The zero-order valence-electron chi connectivity index (χ0n) is 12.7. The summed E-state index contributed by atoms with van der Waals surface area (Å²) < 4.78 is 8.02. The molecule has 0 unspecified atom stereocenters. The largest absolute Gasteiger partial charge is 0.454 e. The van der Waals surface area contributed by atoms with E-state index in [0.29, 0.717) is 29.2 Å². The summed E-state index contributed by atoms with van der Waals surface area (Å²) in [5.74, 6) is 1.62.